The van der Waals surface area contributed by atoms with Crippen molar-refractivity contribution in [1.82, 2.24) is 4.90 Å². The second-order valence-electron chi connectivity index (χ2n) is 6.56. The molecule has 3 aromatic rings. The summed E-state index contributed by atoms with van der Waals surface area (Å²) in [5.74, 6) is 0.983. The van der Waals surface area contributed by atoms with Crippen LogP contribution in [0.25, 0.3) is 0 Å². The van der Waals surface area contributed by atoms with Crippen molar-refractivity contribution >= 4 is 28.8 Å². The normalized spacial score (nSPS) is 15.1. The maximum atomic E-state index is 6.36. The summed E-state index contributed by atoms with van der Waals surface area (Å²) in [5.41, 5.74) is 3.20. The first kappa shape index (κ1) is 17.6. The molecule has 1 aliphatic heterocycles. The van der Waals surface area contributed by atoms with Crippen molar-refractivity contribution in [3.05, 3.63) is 95.5 Å². The Kier molecular flexibility index (Phi) is 5.40. The molecule has 1 saturated heterocycles. The number of benzene rings is 3. The summed E-state index contributed by atoms with van der Waals surface area (Å²) >= 11 is 6.36. The average molecular weight is 376 g/mol. The van der Waals surface area contributed by atoms with Gasteiger partial charge in [-0.2, -0.15) is 0 Å². The highest BCUT2D eigenvalue weighted by molar-refractivity contribution is 6.33. The molecule has 3 aromatic carbocycles. The molecular formula is C23H22ClN3. The minimum absolute atomic E-state index is 0.675. The monoisotopic (exact) mass is 375 g/mol. The molecule has 0 aromatic heterocycles. The van der Waals surface area contributed by atoms with E-state index in [-0.39, 0.29) is 0 Å². The lowest BCUT2D eigenvalue weighted by Gasteiger charge is -2.38. The molecular weight excluding hydrogens is 354 g/mol. The van der Waals surface area contributed by atoms with Gasteiger partial charge in [0, 0.05) is 37.4 Å². The van der Waals surface area contributed by atoms with Gasteiger partial charge in [-0.25, -0.2) is 4.99 Å². The molecule has 0 aliphatic carbocycles. The Morgan fingerprint density at radius 2 is 1.30 bits per heavy atom. The number of piperazine rings is 1. The largest absolute Gasteiger partial charge is 0.368 e. The lowest BCUT2D eigenvalue weighted by atomic mass is 10.1. The molecule has 0 bridgehead atoms. The van der Waals surface area contributed by atoms with Crippen molar-refractivity contribution in [2.45, 2.75) is 0 Å². The summed E-state index contributed by atoms with van der Waals surface area (Å²) in [7, 11) is 0. The molecule has 136 valence electrons. The molecule has 0 amide bonds. The van der Waals surface area contributed by atoms with E-state index in [1.807, 2.05) is 30.3 Å². The molecule has 0 atom stereocenters. The molecule has 0 spiro atoms. The number of para-hydroxylation sites is 2. The quantitative estimate of drug-likeness (QED) is 0.460. The first-order chi connectivity index (χ1) is 13.3. The zero-order valence-corrected chi connectivity index (χ0v) is 15.9. The summed E-state index contributed by atoms with van der Waals surface area (Å²) in [6.07, 6.45) is 0. The lowest BCUT2D eigenvalue weighted by molar-refractivity contribution is 0.386. The number of amidine groups is 1. The number of anilines is 1. The second kappa shape index (κ2) is 8.28. The molecule has 4 heteroatoms. The van der Waals surface area contributed by atoms with E-state index in [4.69, 9.17) is 16.6 Å². The van der Waals surface area contributed by atoms with Crippen molar-refractivity contribution in [1.29, 1.82) is 0 Å². The van der Waals surface area contributed by atoms with Crippen LogP contribution >= 0.6 is 11.6 Å². The lowest BCUT2D eigenvalue weighted by Crippen LogP contribution is -2.49. The van der Waals surface area contributed by atoms with Crippen molar-refractivity contribution in [3.8, 4) is 0 Å². The van der Waals surface area contributed by atoms with Gasteiger partial charge in [0.1, 0.15) is 5.84 Å². The van der Waals surface area contributed by atoms with Crippen LogP contribution < -0.4 is 4.90 Å². The Morgan fingerprint density at radius 3 is 1.96 bits per heavy atom. The Labute approximate surface area is 165 Å². The third-order valence-corrected chi connectivity index (χ3v) is 5.13. The van der Waals surface area contributed by atoms with E-state index in [0.29, 0.717) is 5.02 Å². The Bertz CT molecular complexity index is 901. The van der Waals surface area contributed by atoms with E-state index in [9.17, 15) is 0 Å². The van der Waals surface area contributed by atoms with Gasteiger partial charge in [-0.3, -0.25) is 0 Å². The standard InChI is InChI=1S/C23H22ClN3/c24-21-13-7-8-14-22(21)25-23(19-9-3-1-4-10-19)27-17-15-26(16-18-27)20-11-5-2-6-12-20/h1-14H,15-18H2. The summed E-state index contributed by atoms with van der Waals surface area (Å²) in [6.45, 7) is 3.79. The zero-order chi connectivity index (χ0) is 18.5. The number of hydrogen-bond donors (Lipinski definition) is 0. The van der Waals surface area contributed by atoms with E-state index >= 15 is 0 Å². The average Bonchev–Trinajstić information content (AvgIpc) is 2.75. The Hall–Kier alpha value is -2.78. The smallest absolute Gasteiger partial charge is 0.136 e. The van der Waals surface area contributed by atoms with Crippen LogP contribution in [-0.2, 0) is 0 Å². The third kappa shape index (κ3) is 4.15. The highest BCUT2D eigenvalue weighted by Crippen LogP contribution is 2.26. The molecule has 0 N–H and O–H groups in total. The second-order valence-corrected chi connectivity index (χ2v) is 6.97. The van der Waals surface area contributed by atoms with Crippen molar-refractivity contribution < 1.29 is 0 Å². The van der Waals surface area contributed by atoms with Crippen LogP contribution in [0.2, 0.25) is 5.02 Å². The fourth-order valence-electron chi connectivity index (χ4n) is 3.38. The van der Waals surface area contributed by atoms with Gasteiger partial charge in [-0.1, -0.05) is 72.3 Å². The highest BCUT2D eigenvalue weighted by atomic mass is 35.5. The van der Waals surface area contributed by atoms with E-state index in [1.165, 1.54) is 5.69 Å². The maximum Gasteiger partial charge on any atom is 0.136 e. The van der Waals surface area contributed by atoms with Crippen LogP contribution in [0.15, 0.2) is 89.9 Å². The van der Waals surface area contributed by atoms with Crippen LogP contribution in [0.4, 0.5) is 11.4 Å². The number of halogens is 1. The summed E-state index contributed by atoms with van der Waals surface area (Å²) < 4.78 is 0. The Morgan fingerprint density at radius 1 is 0.704 bits per heavy atom. The van der Waals surface area contributed by atoms with Crippen molar-refractivity contribution in [2.75, 3.05) is 31.1 Å². The van der Waals surface area contributed by atoms with Crippen LogP contribution in [0.1, 0.15) is 5.56 Å². The van der Waals surface area contributed by atoms with Gasteiger partial charge in [0.15, 0.2) is 0 Å². The number of hydrogen-bond acceptors (Lipinski definition) is 2. The van der Waals surface area contributed by atoms with Crippen LogP contribution in [0.5, 0.6) is 0 Å². The number of aliphatic imine (C=N–C) groups is 1. The minimum atomic E-state index is 0.675. The highest BCUT2D eigenvalue weighted by Gasteiger charge is 2.21. The first-order valence-electron chi connectivity index (χ1n) is 9.25. The van der Waals surface area contributed by atoms with E-state index in [2.05, 4.69) is 64.4 Å². The first-order valence-corrected chi connectivity index (χ1v) is 9.63. The van der Waals surface area contributed by atoms with Crippen molar-refractivity contribution in [3.63, 3.8) is 0 Å². The molecule has 0 unspecified atom stereocenters. The predicted molar refractivity (Wildman–Crippen MR) is 114 cm³/mol. The van der Waals surface area contributed by atoms with E-state index in [1.54, 1.807) is 0 Å². The summed E-state index contributed by atoms with van der Waals surface area (Å²) in [5, 5.41) is 0.675. The summed E-state index contributed by atoms with van der Waals surface area (Å²) in [6, 6.07) is 28.7. The van der Waals surface area contributed by atoms with Crippen LogP contribution in [-0.4, -0.2) is 36.9 Å². The molecule has 1 aliphatic rings. The van der Waals surface area contributed by atoms with Gasteiger partial charge in [0.2, 0.25) is 0 Å². The van der Waals surface area contributed by atoms with Crippen LogP contribution in [0, 0.1) is 0 Å². The molecule has 27 heavy (non-hydrogen) atoms. The molecule has 4 rings (SSSR count). The minimum Gasteiger partial charge on any atom is -0.368 e. The van der Waals surface area contributed by atoms with Gasteiger partial charge < -0.3 is 9.80 Å². The molecule has 3 nitrogen and oxygen atoms in total. The Balaban J connectivity index is 1.60. The van der Waals surface area contributed by atoms with Gasteiger partial charge >= 0.3 is 0 Å². The fraction of sp³-hybridized carbons (Fsp3) is 0.174. The van der Waals surface area contributed by atoms with Gasteiger partial charge in [-0.15, -0.1) is 0 Å². The molecule has 0 radical (unpaired) electrons. The molecule has 0 saturated carbocycles. The van der Waals surface area contributed by atoms with Gasteiger partial charge in [-0.05, 0) is 24.3 Å². The fourth-order valence-corrected chi connectivity index (χ4v) is 3.55. The number of nitrogens with zero attached hydrogens (tertiary/aromatic N) is 3. The third-order valence-electron chi connectivity index (χ3n) is 4.81. The van der Waals surface area contributed by atoms with Gasteiger partial charge in [0.05, 0.1) is 10.7 Å². The van der Waals surface area contributed by atoms with E-state index < -0.39 is 0 Å². The van der Waals surface area contributed by atoms with Crippen molar-refractivity contribution in [2.24, 2.45) is 4.99 Å². The van der Waals surface area contributed by atoms with Crippen LogP contribution in [0.3, 0.4) is 0 Å². The molecule has 1 fully saturated rings. The topological polar surface area (TPSA) is 18.8 Å². The predicted octanol–water partition coefficient (Wildman–Crippen LogP) is 5.24. The van der Waals surface area contributed by atoms with Gasteiger partial charge in [0.25, 0.3) is 0 Å². The zero-order valence-electron chi connectivity index (χ0n) is 15.1. The van der Waals surface area contributed by atoms with E-state index in [0.717, 1.165) is 43.3 Å². The molecule has 1 heterocycles. The SMILES string of the molecule is Clc1ccccc1N=C(c1ccccc1)N1CCN(c2ccccc2)CC1. The maximum absolute atomic E-state index is 6.36. The summed E-state index contributed by atoms with van der Waals surface area (Å²) in [4.78, 5) is 9.73. The number of rotatable bonds is 3.